The average Bonchev–Trinajstić information content (AvgIpc) is 2.89. The van der Waals surface area contributed by atoms with E-state index in [9.17, 15) is 14.4 Å². The molecule has 7 heteroatoms. The number of aryl methyl sites for hydroxylation is 1. The number of likely N-dealkylation sites (N-methyl/N-ethyl adjacent to an activating group) is 1. The van der Waals surface area contributed by atoms with Gasteiger partial charge in [0, 0.05) is 50.0 Å². The minimum atomic E-state index is -3.39. The van der Waals surface area contributed by atoms with Crippen LogP contribution in [0, 0.1) is 24.1 Å². The zero-order chi connectivity index (χ0) is 33.4. The second kappa shape index (κ2) is 10.7. The minimum Gasteiger partial charge on any atom is -0.494 e. The van der Waals surface area contributed by atoms with E-state index in [1.807, 2.05) is 6.07 Å². The molecule has 0 spiro atoms. The van der Waals surface area contributed by atoms with Crippen molar-refractivity contribution in [1.29, 1.82) is 5.26 Å². The molecule has 0 amide bonds. The second-order valence-electron chi connectivity index (χ2n) is 7.09. The Morgan fingerprint density at radius 3 is 3.06 bits per heavy atom. The third-order valence-electron chi connectivity index (χ3n) is 4.52. The van der Waals surface area contributed by atoms with Crippen molar-refractivity contribution in [1.82, 2.24) is 9.88 Å². The number of hydrogen-bond donors (Lipinski definition) is 1. The summed E-state index contributed by atoms with van der Waals surface area (Å²) in [5, 5.41) is 12.5. The predicted octanol–water partition coefficient (Wildman–Crippen LogP) is 4.93. The van der Waals surface area contributed by atoms with Crippen molar-refractivity contribution in [3.8, 4) is 11.8 Å². The highest BCUT2D eigenvalue weighted by Crippen LogP contribution is 2.34. The van der Waals surface area contributed by atoms with Crippen molar-refractivity contribution in [2.75, 3.05) is 32.4 Å². The van der Waals surface area contributed by atoms with E-state index in [2.05, 4.69) is 10.3 Å². The van der Waals surface area contributed by atoms with Crippen molar-refractivity contribution in [2.45, 2.75) is 20.2 Å². The van der Waals surface area contributed by atoms with Gasteiger partial charge in [-0.05, 0) is 63.7 Å². The highest BCUT2D eigenvalue weighted by atomic mass is 19.1. The van der Waals surface area contributed by atoms with E-state index in [0.717, 1.165) is 17.0 Å². The third kappa shape index (κ3) is 5.93. The second-order valence-corrected chi connectivity index (χ2v) is 7.09. The van der Waals surface area contributed by atoms with Gasteiger partial charge in [-0.15, -0.1) is 0 Å². The average molecular weight is 458 g/mol. The van der Waals surface area contributed by atoms with E-state index in [4.69, 9.17) is 19.8 Å². The summed E-state index contributed by atoms with van der Waals surface area (Å²) in [6.07, 6.45) is 0.906. The van der Waals surface area contributed by atoms with E-state index in [-0.39, 0.29) is 34.4 Å². The molecule has 33 heavy (non-hydrogen) atoms. The molecule has 1 heterocycles. The van der Waals surface area contributed by atoms with Crippen LogP contribution in [0.4, 0.5) is 15.8 Å². The number of ether oxygens (including phenoxy) is 1. The van der Waals surface area contributed by atoms with Gasteiger partial charge >= 0.3 is 0 Å². The van der Waals surface area contributed by atoms with Crippen molar-refractivity contribution in [3.05, 3.63) is 71.1 Å². The summed E-state index contributed by atoms with van der Waals surface area (Å²) >= 11 is 0. The van der Waals surface area contributed by atoms with Gasteiger partial charge in [-0.2, -0.15) is 5.26 Å². The number of nitriles is 1. The number of fused-ring (bicyclic) bond motifs is 1. The molecule has 6 nitrogen and oxygen atoms in total. The lowest BCUT2D eigenvalue weighted by Gasteiger charge is -2.15. The number of nitrogens with zero attached hydrogens (tertiary/aromatic N) is 3. The van der Waals surface area contributed by atoms with Gasteiger partial charge in [0.25, 0.3) is 0 Å². The zero-order valence-corrected chi connectivity index (χ0v) is 17.8. The van der Waals surface area contributed by atoms with Gasteiger partial charge in [0.15, 0.2) is 5.78 Å². The molecule has 1 aromatic heterocycles. The summed E-state index contributed by atoms with van der Waals surface area (Å²) < 4.78 is 106. The van der Waals surface area contributed by atoms with Crippen molar-refractivity contribution >= 4 is 28.1 Å². The van der Waals surface area contributed by atoms with Gasteiger partial charge in [0.1, 0.15) is 17.6 Å². The molecule has 1 N–H and O–H groups in total. The zero-order valence-electron chi connectivity index (χ0n) is 28.8. The minimum absolute atomic E-state index is 0.158. The summed E-state index contributed by atoms with van der Waals surface area (Å²) in [7, 11) is 1.31. The lowest BCUT2D eigenvalue weighted by atomic mass is 10.0. The SMILES string of the molecule is [2H]c1nc2c([2H])c(OC([2H])([2H])C([2H])([2H])[2H])c(CC(=O)/C=C/CN(C)C([2H])([2H])[2H])c([2H])c2c(Nc2ccc(F)c(C)c2)c1C#N. The summed E-state index contributed by atoms with van der Waals surface area (Å²) in [5.41, 5.74) is -0.908. The lowest BCUT2D eigenvalue weighted by Crippen LogP contribution is -2.11. The maximum atomic E-state index is 13.9. The normalized spacial score (nSPS) is 17.2. The molecular weight excluding hydrogens is 419 g/mol. The number of halogens is 1. The van der Waals surface area contributed by atoms with E-state index >= 15 is 0 Å². The van der Waals surface area contributed by atoms with Crippen LogP contribution in [0.3, 0.4) is 0 Å². The molecule has 0 bridgehead atoms. The number of rotatable bonds is 9. The van der Waals surface area contributed by atoms with Crippen molar-refractivity contribution in [2.24, 2.45) is 0 Å². The Kier molecular flexibility index (Phi) is 4.24. The van der Waals surface area contributed by atoms with Gasteiger partial charge < -0.3 is 15.0 Å². The first-order valence-electron chi connectivity index (χ1n) is 15.2. The van der Waals surface area contributed by atoms with Gasteiger partial charge in [-0.1, -0.05) is 6.08 Å². The third-order valence-corrected chi connectivity index (χ3v) is 4.52. The van der Waals surface area contributed by atoms with Crippen molar-refractivity contribution < 1.29 is 29.0 Å². The standard InChI is InChI=1S/C26H27FN4O2/c1-5-33-25-14-24-22(13-18(25)12-21(32)7-6-10-31(3)4)26(19(15-28)16-29-24)30-20-8-9-23(27)17(2)11-20/h6-9,11,13-14,16H,5,10,12H2,1-4H3,(H,29,30)/b7-6+/i1D3,3D3,5D2,13D,14D,16D. The van der Waals surface area contributed by atoms with Crippen LogP contribution < -0.4 is 10.1 Å². The molecule has 0 fully saturated rings. The number of nitrogens with one attached hydrogen (secondary N) is 1. The van der Waals surface area contributed by atoms with Gasteiger partial charge in [-0.25, -0.2) is 4.39 Å². The molecule has 0 radical (unpaired) electrons. The molecule has 0 saturated heterocycles. The number of anilines is 2. The first-order valence-corrected chi connectivity index (χ1v) is 9.68. The number of ketones is 1. The number of benzene rings is 2. The molecule has 3 rings (SSSR count). The summed E-state index contributed by atoms with van der Waals surface area (Å²) in [6.45, 7) is -7.85. The maximum Gasteiger partial charge on any atom is 0.159 e. The molecule has 0 aliphatic carbocycles. The molecular formula is C26H27FN4O2. The van der Waals surface area contributed by atoms with Crippen LogP contribution in [-0.4, -0.2) is 42.8 Å². The Balaban J connectivity index is 2.30. The van der Waals surface area contributed by atoms with Crippen LogP contribution in [0.5, 0.6) is 5.75 Å². The number of carbonyl (C=O) groups is 1. The number of carbonyl (C=O) groups excluding carboxylic acids is 1. The molecule has 0 aliphatic rings. The topological polar surface area (TPSA) is 78.2 Å². The predicted molar refractivity (Wildman–Crippen MR) is 128 cm³/mol. The number of hydrogen-bond acceptors (Lipinski definition) is 6. The molecule has 0 unspecified atom stereocenters. The number of allylic oxidation sites excluding steroid dienone is 1. The molecule has 0 saturated carbocycles. The fraction of sp³-hybridized carbons (Fsp3) is 0.269. The van der Waals surface area contributed by atoms with Gasteiger partial charge in [0.2, 0.25) is 0 Å². The van der Waals surface area contributed by atoms with Crippen LogP contribution in [0.15, 0.2) is 48.6 Å². The smallest absolute Gasteiger partial charge is 0.159 e. The first kappa shape index (κ1) is 13.1. The Labute approximate surface area is 208 Å². The van der Waals surface area contributed by atoms with Crippen LogP contribution in [0.25, 0.3) is 10.9 Å². The largest absolute Gasteiger partial charge is 0.494 e. The maximum absolute atomic E-state index is 13.9. The van der Waals surface area contributed by atoms with E-state index in [1.165, 1.54) is 32.2 Å². The van der Waals surface area contributed by atoms with E-state index in [0.29, 0.717) is 0 Å². The van der Waals surface area contributed by atoms with E-state index < -0.39 is 73.5 Å². The van der Waals surface area contributed by atoms with Gasteiger partial charge in [0.05, 0.1) is 30.2 Å². The van der Waals surface area contributed by atoms with Crippen LogP contribution >= 0.6 is 0 Å². The molecule has 170 valence electrons. The fourth-order valence-corrected chi connectivity index (χ4v) is 2.98. The Morgan fingerprint density at radius 2 is 2.33 bits per heavy atom. The summed E-state index contributed by atoms with van der Waals surface area (Å²) in [6, 6.07) is 4.34. The number of pyridine rings is 1. The summed E-state index contributed by atoms with van der Waals surface area (Å²) in [5.74, 6) is -2.04. The lowest BCUT2D eigenvalue weighted by molar-refractivity contribution is -0.114. The molecule has 2 aromatic carbocycles. The summed E-state index contributed by atoms with van der Waals surface area (Å²) in [4.78, 5) is 17.9. The molecule has 0 atom stereocenters. The Hall–Kier alpha value is -3.76. The van der Waals surface area contributed by atoms with E-state index in [1.54, 1.807) is 0 Å². The fourth-order valence-electron chi connectivity index (χ4n) is 2.98. The Bertz CT molecular complexity index is 1680. The van der Waals surface area contributed by atoms with Crippen LogP contribution in [0.1, 0.15) is 38.6 Å². The molecule has 0 aliphatic heterocycles. The highest BCUT2D eigenvalue weighted by molar-refractivity contribution is 5.98. The van der Waals surface area contributed by atoms with Crippen LogP contribution in [-0.2, 0) is 11.2 Å². The molecule has 3 aromatic rings. The van der Waals surface area contributed by atoms with Gasteiger partial charge in [-0.3, -0.25) is 9.78 Å². The van der Waals surface area contributed by atoms with Crippen molar-refractivity contribution in [3.63, 3.8) is 0 Å². The Morgan fingerprint density at radius 1 is 1.48 bits per heavy atom. The number of aromatic nitrogens is 1. The van der Waals surface area contributed by atoms with Crippen LogP contribution in [0.2, 0.25) is 0 Å². The quantitative estimate of drug-likeness (QED) is 0.459. The highest BCUT2D eigenvalue weighted by Gasteiger charge is 2.16. The first-order chi connectivity index (χ1) is 20.2. The monoisotopic (exact) mass is 457 g/mol.